The number of carbonyl (C=O) groups excluding carboxylic acids is 1. The largest absolute Gasteiger partial charge is 0.338 e. The minimum absolute atomic E-state index is 0.0299. The van der Waals surface area contributed by atoms with E-state index in [-0.39, 0.29) is 17.4 Å². The van der Waals surface area contributed by atoms with E-state index in [4.69, 9.17) is 5.73 Å². The smallest absolute Gasteiger partial charge is 0.259 e. The summed E-state index contributed by atoms with van der Waals surface area (Å²) in [5.41, 5.74) is 9.17. The lowest BCUT2D eigenvalue weighted by molar-refractivity contribution is 0.0534. The second kappa shape index (κ2) is 6.21. The van der Waals surface area contributed by atoms with Crippen LogP contribution in [0.4, 0.5) is 0 Å². The molecule has 26 heavy (non-hydrogen) atoms. The Balaban J connectivity index is 1.71. The minimum Gasteiger partial charge on any atom is -0.338 e. The molecule has 4 rings (SSSR count). The van der Waals surface area contributed by atoms with Crippen LogP contribution in [0.25, 0.3) is 16.9 Å². The molecule has 0 radical (unpaired) electrons. The summed E-state index contributed by atoms with van der Waals surface area (Å²) in [5.74, 6) is -0.0299. The molecule has 0 spiro atoms. The third kappa shape index (κ3) is 2.76. The van der Waals surface area contributed by atoms with E-state index in [2.05, 4.69) is 23.9 Å². The van der Waals surface area contributed by atoms with Gasteiger partial charge >= 0.3 is 0 Å². The van der Waals surface area contributed by atoms with Crippen molar-refractivity contribution in [2.45, 2.75) is 26.3 Å². The lowest BCUT2D eigenvalue weighted by atomic mass is 9.79. The topological polar surface area (TPSA) is 76.5 Å². The van der Waals surface area contributed by atoms with Crippen LogP contribution in [0.1, 0.15) is 30.6 Å². The second-order valence-electron chi connectivity index (χ2n) is 7.60. The molecule has 1 aromatic carbocycles. The molecule has 0 aliphatic carbocycles. The molecule has 6 nitrogen and oxygen atoms in total. The number of amides is 1. The molecule has 1 amide bonds. The molecule has 1 fully saturated rings. The van der Waals surface area contributed by atoms with Gasteiger partial charge in [0.05, 0.1) is 11.9 Å². The van der Waals surface area contributed by atoms with Crippen molar-refractivity contribution in [1.82, 2.24) is 19.5 Å². The zero-order chi connectivity index (χ0) is 18.3. The van der Waals surface area contributed by atoms with E-state index in [9.17, 15) is 4.79 Å². The third-order valence-corrected chi connectivity index (χ3v) is 5.30. The van der Waals surface area contributed by atoms with E-state index in [0.29, 0.717) is 24.3 Å². The molecule has 2 N–H and O–H groups in total. The number of fused-ring (bicyclic) bond motifs is 1. The number of carbonyl (C=O) groups is 1. The summed E-state index contributed by atoms with van der Waals surface area (Å²) in [5, 5.41) is 4.44. The lowest BCUT2D eigenvalue weighted by Crippen LogP contribution is -2.54. The molecule has 6 heteroatoms. The van der Waals surface area contributed by atoms with Crippen molar-refractivity contribution in [3.05, 3.63) is 54.4 Å². The number of benzene rings is 1. The van der Waals surface area contributed by atoms with E-state index < -0.39 is 0 Å². The fraction of sp³-hybridized carbons (Fsp3) is 0.350. The summed E-state index contributed by atoms with van der Waals surface area (Å²) in [6.45, 7) is 5.53. The van der Waals surface area contributed by atoms with E-state index >= 15 is 0 Å². The highest BCUT2D eigenvalue weighted by Crippen LogP contribution is 2.29. The van der Waals surface area contributed by atoms with Crippen molar-refractivity contribution in [3.63, 3.8) is 0 Å². The van der Waals surface area contributed by atoms with Crippen LogP contribution in [0.3, 0.4) is 0 Å². The van der Waals surface area contributed by atoms with Crippen molar-refractivity contribution in [3.8, 4) is 11.3 Å². The molecule has 1 saturated heterocycles. The predicted octanol–water partition coefficient (Wildman–Crippen LogP) is 2.60. The molecular formula is C20H23N5O. The molecule has 3 aromatic rings. The highest BCUT2D eigenvalue weighted by molar-refractivity contribution is 6.00. The number of aromatic nitrogens is 3. The Labute approximate surface area is 152 Å². The van der Waals surface area contributed by atoms with E-state index in [1.165, 1.54) is 0 Å². The van der Waals surface area contributed by atoms with Crippen LogP contribution in [-0.4, -0.2) is 44.5 Å². The first-order chi connectivity index (χ1) is 12.5. The molecule has 1 aliphatic heterocycles. The van der Waals surface area contributed by atoms with Crippen LogP contribution in [0, 0.1) is 5.41 Å². The van der Waals surface area contributed by atoms with Crippen molar-refractivity contribution in [2.24, 2.45) is 11.1 Å². The summed E-state index contributed by atoms with van der Waals surface area (Å²) in [7, 11) is 0. The molecule has 134 valence electrons. The molecule has 1 atom stereocenters. The second-order valence-corrected chi connectivity index (χ2v) is 7.60. The van der Waals surface area contributed by atoms with Gasteiger partial charge in [0.25, 0.3) is 5.91 Å². The van der Waals surface area contributed by atoms with Gasteiger partial charge in [-0.05, 0) is 17.9 Å². The molecule has 3 heterocycles. The van der Waals surface area contributed by atoms with Gasteiger partial charge < -0.3 is 10.6 Å². The Hall–Kier alpha value is -2.73. The standard InChI is InChI=1S/C20H23N5O/c1-20(2)13-24(11-9-17(20)21)19(26)15-12-23-25-16(8-10-22-18(15)25)14-6-4-3-5-7-14/h3-8,10,12,17H,9,11,13,21H2,1-2H3. The molecule has 0 bridgehead atoms. The molecule has 0 saturated carbocycles. The van der Waals surface area contributed by atoms with Crippen molar-refractivity contribution < 1.29 is 4.79 Å². The Morgan fingerprint density at radius 2 is 2.00 bits per heavy atom. The first kappa shape index (κ1) is 16.7. The average molecular weight is 349 g/mol. The number of nitrogens with zero attached hydrogens (tertiary/aromatic N) is 4. The van der Waals surface area contributed by atoms with Gasteiger partial charge in [-0.25, -0.2) is 9.50 Å². The fourth-order valence-corrected chi connectivity index (χ4v) is 3.59. The van der Waals surface area contributed by atoms with Crippen molar-refractivity contribution >= 4 is 11.6 Å². The summed E-state index contributed by atoms with van der Waals surface area (Å²) in [6.07, 6.45) is 4.16. The number of piperidine rings is 1. The van der Waals surface area contributed by atoms with E-state index in [1.807, 2.05) is 41.3 Å². The quantitative estimate of drug-likeness (QED) is 0.771. The number of hydrogen-bond donors (Lipinski definition) is 1. The maximum absolute atomic E-state index is 13.1. The minimum atomic E-state index is -0.0977. The maximum atomic E-state index is 13.1. The van der Waals surface area contributed by atoms with Gasteiger partial charge in [-0.1, -0.05) is 44.2 Å². The van der Waals surface area contributed by atoms with Crippen molar-refractivity contribution in [1.29, 1.82) is 0 Å². The molecule has 1 unspecified atom stereocenters. The summed E-state index contributed by atoms with van der Waals surface area (Å²) >= 11 is 0. The van der Waals surface area contributed by atoms with Crippen LogP contribution in [-0.2, 0) is 0 Å². The van der Waals surface area contributed by atoms with Gasteiger partial charge in [0.2, 0.25) is 0 Å². The summed E-state index contributed by atoms with van der Waals surface area (Å²) in [6, 6.07) is 12.0. The van der Waals surface area contributed by atoms with Gasteiger partial charge in [-0.15, -0.1) is 0 Å². The number of likely N-dealkylation sites (tertiary alicyclic amines) is 1. The zero-order valence-corrected chi connectivity index (χ0v) is 15.1. The highest BCUT2D eigenvalue weighted by atomic mass is 16.2. The van der Waals surface area contributed by atoms with Crippen LogP contribution < -0.4 is 5.73 Å². The van der Waals surface area contributed by atoms with Gasteiger partial charge in [0, 0.05) is 30.9 Å². The number of rotatable bonds is 2. The SMILES string of the molecule is CC1(C)CN(C(=O)c2cnn3c(-c4ccccc4)ccnc23)CCC1N. The van der Waals surface area contributed by atoms with Gasteiger partial charge in [0.15, 0.2) is 5.65 Å². The maximum Gasteiger partial charge on any atom is 0.259 e. The van der Waals surface area contributed by atoms with Gasteiger partial charge in [-0.3, -0.25) is 4.79 Å². The predicted molar refractivity (Wildman–Crippen MR) is 101 cm³/mol. The average Bonchev–Trinajstić information content (AvgIpc) is 3.08. The zero-order valence-electron chi connectivity index (χ0n) is 15.1. The van der Waals surface area contributed by atoms with Crippen LogP contribution in [0.15, 0.2) is 48.8 Å². The van der Waals surface area contributed by atoms with Crippen LogP contribution >= 0.6 is 0 Å². The Kier molecular flexibility index (Phi) is 4.00. The summed E-state index contributed by atoms with van der Waals surface area (Å²) in [4.78, 5) is 19.4. The first-order valence-corrected chi connectivity index (χ1v) is 8.90. The molecular weight excluding hydrogens is 326 g/mol. The monoisotopic (exact) mass is 349 g/mol. The van der Waals surface area contributed by atoms with E-state index in [1.54, 1.807) is 16.9 Å². The molecule has 2 aromatic heterocycles. The van der Waals surface area contributed by atoms with Gasteiger partial charge in [-0.2, -0.15) is 5.10 Å². The third-order valence-electron chi connectivity index (χ3n) is 5.30. The molecule has 1 aliphatic rings. The van der Waals surface area contributed by atoms with Crippen molar-refractivity contribution in [2.75, 3.05) is 13.1 Å². The lowest BCUT2D eigenvalue weighted by Gasteiger charge is -2.42. The number of nitrogens with two attached hydrogens (primary N) is 1. The first-order valence-electron chi connectivity index (χ1n) is 8.90. The Morgan fingerprint density at radius 1 is 1.23 bits per heavy atom. The summed E-state index contributed by atoms with van der Waals surface area (Å²) < 4.78 is 1.74. The normalized spacial score (nSPS) is 19.7. The highest BCUT2D eigenvalue weighted by Gasteiger charge is 2.36. The Morgan fingerprint density at radius 3 is 2.73 bits per heavy atom. The van der Waals surface area contributed by atoms with Crippen LogP contribution in [0.5, 0.6) is 0 Å². The number of hydrogen-bond acceptors (Lipinski definition) is 4. The van der Waals surface area contributed by atoms with Gasteiger partial charge in [0.1, 0.15) is 5.56 Å². The fourth-order valence-electron chi connectivity index (χ4n) is 3.59. The van der Waals surface area contributed by atoms with E-state index in [0.717, 1.165) is 17.7 Å². The van der Waals surface area contributed by atoms with Crippen LogP contribution in [0.2, 0.25) is 0 Å². The Bertz CT molecular complexity index is 947.